The van der Waals surface area contributed by atoms with Gasteiger partial charge in [0.15, 0.2) is 17.2 Å². The first-order chi connectivity index (χ1) is 12.2. The number of aromatic nitrogens is 4. The zero-order valence-corrected chi connectivity index (χ0v) is 18.9. The molecule has 140 valence electrons. The Morgan fingerprint density at radius 2 is 1.35 bits per heavy atom. The molecule has 12 heteroatoms. The van der Waals surface area contributed by atoms with E-state index in [2.05, 4.69) is 77.2 Å². The fourth-order valence-corrected chi connectivity index (χ4v) is 2.41. The van der Waals surface area contributed by atoms with E-state index in [1.807, 2.05) is 0 Å². The van der Waals surface area contributed by atoms with E-state index >= 15 is 0 Å². The van der Waals surface area contributed by atoms with Gasteiger partial charge in [0.25, 0.3) is 0 Å². The number of ether oxygens (including phenoxy) is 2. The molecular weight excluding hydrogens is 542 g/mol. The standard InChI is InChI=1S/C8H10BrN3O2.C6H4Br2N2O2/c1-12(2)7-6(8(13)14-3)11-5(9)4-10-7;1-12-6(11)4-5(8)9-2-3(7)10-4/h4H,1-3H3;2H,1H3. The molecule has 0 radical (unpaired) electrons. The third-order valence-electron chi connectivity index (χ3n) is 2.60. The van der Waals surface area contributed by atoms with E-state index in [-0.39, 0.29) is 11.4 Å². The van der Waals surface area contributed by atoms with Crippen molar-refractivity contribution in [2.75, 3.05) is 33.2 Å². The SMILES string of the molecule is COC(=O)c1nc(Br)cnc1Br.COC(=O)c1nc(Br)cnc1N(C)C. The molecule has 2 aromatic rings. The molecule has 2 heterocycles. The van der Waals surface area contributed by atoms with E-state index in [1.54, 1.807) is 19.0 Å². The van der Waals surface area contributed by atoms with Crippen LogP contribution in [0, 0.1) is 0 Å². The number of carbonyl (C=O) groups is 2. The van der Waals surface area contributed by atoms with Crippen molar-refractivity contribution in [1.29, 1.82) is 0 Å². The van der Waals surface area contributed by atoms with Crippen LogP contribution >= 0.6 is 47.8 Å². The average Bonchev–Trinajstić information content (AvgIpc) is 2.62. The highest BCUT2D eigenvalue weighted by atomic mass is 79.9. The van der Waals surface area contributed by atoms with E-state index in [4.69, 9.17) is 0 Å². The van der Waals surface area contributed by atoms with Crippen molar-refractivity contribution >= 4 is 65.5 Å². The van der Waals surface area contributed by atoms with Crippen molar-refractivity contribution in [3.8, 4) is 0 Å². The summed E-state index contributed by atoms with van der Waals surface area (Å²) in [7, 11) is 6.16. The topological polar surface area (TPSA) is 107 Å². The quantitative estimate of drug-likeness (QED) is 0.528. The summed E-state index contributed by atoms with van der Waals surface area (Å²) in [5.41, 5.74) is 0.360. The van der Waals surface area contributed by atoms with Gasteiger partial charge in [-0.15, -0.1) is 0 Å². The number of carbonyl (C=O) groups excluding carboxylic acids is 2. The number of methoxy groups -OCH3 is 2. The smallest absolute Gasteiger partial charge is 0.360 e. The predicted molar refractivity (Wildman–Crippen MR) is 104 cm³/mol. The average molecular weight is 556 g/mol. The lowest BCUT2D eigenvalue weighted by atomic mass is 10.4. The number of hydrogen-bond acceptors (Lipinski definition) is 9. The molecule has 0 aliphatic heterocycles. The Hall–Kier alpha value is -1.66. The van der Waals surface area contributed by atoms with Crippen molar-refractivity contribution in [2.24, 2.45) is 0 Å². The molecule has 26 heavy (non-hydrogen) atoms. The predicted octanol–water partition coefficient (Wildman–Crippen LogP) is 2.88. The Kier molecular flexibility index (Phi) is 9.02. The number of anilines is 1. The second-order valence-corrected chi connectivity index (χ2v) is 6.95. The Bertz CT molecular complexity index is 804. The molecule has 0 amide bonds. The molecule has 0 bridgehead atoms. The maximum absolute atomic E-state index is 11.3. The van der Waals surface area contributed by atoms with Crippen LogP contribution in [0.1, 0.15) is 21.0 Å². The van der Waals surface area contributed by atoms with Gasteiger partial charge >= 0.3 is 11.9 Å². The highest BCUT2D eigenvalue weighted by Gasteiger charge is 2.17. The van der Waals surface area contributed by atoms with Crippen LogP contribution in [0.25, 0.3) is 0 Å². The molecule has 0 N–H and O–H groups in total. The number of nitrogens with zero attached hydrogens (tertiary/aromatic N) is 5. The lowest BCUT2D eigenvalue weighted by molar-refractivity contribution is 0.0584. The maximum Gasteiger partial charge on any atom is 0.360 e. The molecule has 0 unspecified atom stereocenters. The van der Waals surface area contributed by atoms with Crippen molar-refractivity contribution in [3.05, 3.63) is 37.6 Å². The van der Waals surface area contributed by atoms with Crippen LogP contribution in [0.15, 0.2) is 26.2 Å². The summed E-state index contributed by atoms with van der Waals surface area (Å²) >= 11 is 9.31. The summed E-state index contributed by atoms with van der Waals surface area (Å²) in [6, 6.07) is 0. The van der Waals surface area contributed by atoms with Gasteiger partial charge < -0.3 is 14.4 Å². The van der Waals surface area contributed by atoms with E-state index in [0.29, 0.717) is 19.6 Å². The van der Waals surface area contributed by atoms with Crippen LogP contribution in [0.3, 0.4) is 0 Å². The summed E-state index contributed by atoms with van der Waals surface area (Å²) in [5, 5.41) is 0. The first-order valence-electron chi connectivity index (χ1n) is 6.75. The Balaban J connectivity index is 0.000000263. The normalized spacial score (nSPS) is 9.65. The van der Waals surface area contributed by atoms with E-state index in [0.717, 1.165) is 0 Å². The van der Waals surface area contributed by atoms with Crippen LogP contribution in [0.4, 0.5) is 5.82 Å². The molecule has 2 aromatic heterocycles. The molecule has 0 saturated carbocycles. The van der Waals surface area contributed by atoms with Crippen LogP contribution in [-0.4, -0.2) is 60.2 Å². The molecule has 0 fully saturated rings. The highest BCUT2D eigenvalue weighted by molar-refractivity contribution is 9.11. The van der Waals surface area contributed by atoms with Crippen LogP contribution in [0.2, 0.25) is 0 Å². The van der Waals surface area contributed by atoms with Gasteiger partial charge in [-0.2, -0.15) is 0 Å². The van der Waals surface area contributed by atoms with Crippen LogP contribution in [-0.2, 0) is 9.47 Å². The van der Waals surface area contributed by atoms with Crippen molar-refractivity contribution in [1.82, 2.24) is 19.9 Å². The summed E-state index contributed by atoms with van der Waals surface area (Å²) in [5.74, 6) is -0.529. The maximum atomic E-state index is 11.3. The number of rotatable bonds is 3. The van der Waals surface area contributed by atoms with Crippen LogP contribution in [0.5, 0.6) is 0 Å². The summed E-state index contributed by atoms with van der Waals surface area (Å²) in [6.45, 7) is 0. The molecular formula is C14H14Br3N5O4. The Morgan fingerprint density at radius 1 is 0.885 bits per heavy atom. The number of halogens is 3. The first kappa shape index (κ1) is 22.4. The van der Waals surface area contributed by atoms with E-state index in [9.17, 15) is 9.59 Å². The minimum atomic E-state index is -0.518. The van der Waals surface area contributed by atoms with Gasteiger partial charge in [0.2, 0.25) is 0 Å². The molecule has 0 aliphatic rings. The van der Waals surface area contributed by atoms with Gasteiger partial charge in [0.1, 0.15) is 13.8 Å². The van der Waals surface area contributed by atoms with Gasteiger partial charge in [0.05, 0.1) is 26.6 Å². The minimum Gasteiger partial charge on any atom is -0.464 e. The molecule has 0 spiro atoms. The minimum absolute atomic E-state index is 0.159. The number of hydrogen-bond donors (Lipinski definition) is 0. The van der Waals surface area contributed by atoms with Gasteiger partial charge in [-0.05, 0) is 47.8 Å². The fraction of sp³-hybridized carbons (Fsp3) is 0.286. The monoisotopic (exact) mass is 553 g/mol. The van der Waals surface area contributed by atoms with Crippen molar-refractivity contribution in [3.63, 3.8) is 0 Å². The Morgan fingerprint density at radius 3 is 1.85 bits per heavy atom. The molecule has 0 atom stereocenters. The van der Waals surface area contributed by atoms with Gasteiger partial charge in [0, 0.05) is 14.1 Å². The summed E-state index contributed by atoms with van der Waals surface area (Å²) in [4.78, 5) is 39.8. The van der Waals surface area contributed by atoms with E-state index in [1.165, 1.54) is 26.6 Å². The van der Waals surface area contributed by atoms with Gasteiger partial charge in [-0.1, -0.05) is 0 Å². The summed E-state index contributed by atoms with van der Waals surface area (Å²) in [6.07, 6.45) is 3.01. The molecule has 0 saturated heterocycles. The zero-order valence-electron chi connectivity index (χ0n) is 14.2. The second kappa shape index (κ2) is 10.5. The lowest BCUT2D eigenvalue weighted by Crippen LogP contribution is -2.18. The van der Waals surface area contributed by atoms with Gasteiger partial charge in [-0.3, -0.25) is 0 Å². The second-order valence-electron chi connectivity index (χ2n) is 4.57. The zero-order chi connectivity index (χ0) is 19.9. The third-order valence-corrected chi connectivity index (χ3v) is 3.95. The van der Waals surface area contributed by atoms with Crippen molar-refractivity contribution in [2.45, 2.75) is 0 Å². The third kappa shape index (κ3) is 6.25. The lowest BCUT2D eigenvalue weighted by Gasteiger charge is -2.13. The summed E-state index contributed by atoms with van der Waals surface area (Å²) < 4.78 is 10.4. The molecule has 0 aliphatic carbocycles. The van der Waals surface area contributed by atoms with Crippen LogP contribution < -0.4 is 4.90 Å². The first-order valence-corrected chi connectivity index (χ1v) is 9.13. The molecule has 2 rings (SSSR count). The largest absolute Gasteiger partial charge is 0.464 e. The molecule has 9 nitrogen and oxygen atoms in total. The molecule has 0 aromatic carbocycles. The van der Waals surface area contributed by atoms with Gasteiger partial charge in [-0.25, -0.2) is 29.5 Å². The number of esters is 2. The fourth-order valence-electron chi connectivity index (χ4n) is 1.50. The Labute approximate surface area is 174 Å². The van der Waals surface area contributed by atoms with E-state index < -0.39 is 11.9 Å². The highest BCUT2D eigenvalue weighted by Crippen LogP contribution is 2.17. The van der Waals surface area contributed by atoms with Crippen molar-refractivity contribution < 1.29 is 19.1 Å².